The summed E-state index contributed by atoms with van der Waals surface area (Å²) in [6, 6.07) is 0. The molecule has 1 saturated carbocycles. The van der Waals surface area contributed by atoms with Crippen LogP contribution in [-0.2, 0) is 4.74 Å². The van der Waals surface area contributed by atoms with Gasteiger partial charge in [-0.25, -0.2) is 0 Å². The lowest BCUT2D eigenvalue weighted by molar-refractivity contribution is -0.175. The highest BCUT2D eigenvalue weighted by Gasteiger charge is 2.27. The predicted octanol–water partition coefficient (Wildman–Crippen LogP) is 3.29. The summed E-state index contributed by atoms with van der Waals surface area (Å²) in [5, 5.41) is 9.67. The Labute approximate surface area is 100 Å². The first-order valence-corrected chi connectivity index (χ1v) is 6.30. The summed E-state index contributed by atoms with van der Waals surface area (Å²) >= 11 is 0. The first-order valence-electron chi connectivity index (χ1n) is 6.30. The number of hydrogen-bond acceptors (Lipinski definition) is 2. The molecule has 2 nitrogen and oxygen atoms in total. The van der Waals surface area contributed by atoms with Gasteiger partial charge in [-0.05, 0) is 18.8 Å². The van der Waals surface area contributed by atoms with Crippen LogP contribution in [0.2, 0.25) is 0 Å². The normalized spacial score (nSPS) is 20.5. The number of ether oxygens (including phenoxy) is 1. The van der Waals surface area contributed by atoms with Crippen LogP contribution < -0.4 is 0 Å². The van der Waals surface area contributed by atoms with Gasteiger partial charge in [0.15, 0.2) is 0 Å². The highest BCUT2D eigenvalue weighted by molar-refractivity contribution is 4.69. The van der Waals surface area contributed by atoms with E-state index in [1.807, 2.05) is 0 Å². The maximum absolute atomic E-state index is 11.8. The molecular formula is C12H21F3O2. The van der Waals surface area contributed by atoms with E-state index < -0.39 is 18.9 Å². The Morgan fingerprint density at radius 2 is 1.82 bits per heavy atom. The lowest BCUT2D eigenvalue weighted by Gasteiger charge is -2.23. The van der Waals surface area contributed by atoms with Crippen molar-refractivity contribution in [3.05, 3.63) is 0 Å². The van der Waals surface area contributed by atoms with Gasteiger partial charge in [0.2, 0.25) is 0 Å². The highest BCUT2D eigenvalue weighted by atomic mass is 19.4. The van der Waals surface area contributed by atoms with Crippen molar-refractivity contribution in [2.75, 3.05) is 13.2 Å². The van der Waals surface area contributed by atoms with Gasteiger partial charge < -0.3 is 9.84 Å². The number of hydrogen-bond donors (Lipinski definition) is 1. The molecule has 0 saturated heterocycles. The number of aliphatic hydroxyl groups excluding tert-OH is 1. The topological polar surface area (TPSA) is 29.5 Å². The molecule has 0 bridgehead atoms. The SMILES string of the molecule is OC(CCOCC(F)(F)F)CC1CCCCC1. The van der Waals surface area contributed by atoms with Crippen molar-refractivity contribution >= 4 is 0 Å². The minimum absolute atomic E-state index is 0.0204. The zero-order valence-electron chi connectivity index (χ0n) is 10.0. The molecule has 1 rings (SSSR count). The minimum Gasteiger partial charge on any atom is -0.393 e. The molecule has 0 heterocycles. The van der Waals surface area contributed by atoms with Crippen LogP contribution in [0.4, 0.5) is 13.2 Å². The van der Waals surface area contributed by atoms with Crippen LogP contribution in [0, 0.1) is 5.92 Å². The van der Waals surface area contributed by atoms with Gasteiger partial charge in [-0.15, -0.1) is 0 Å². The Morgan fingerprint density at radius 3 is 2.41 bits per heavy atom. The van der Waals surface area contributed by atoms with E-state index in [2.05, 4.69) is 4.74 Å². The Bertz CT molecular complexity index is 200. The number of aliphatic hydroxyl groups is 1. The molecule has 1 N–H and O–H groups in total. The van der Waals surface area contributed by atoms with E-state index in [0.717, 1.165) is 12.8 Å². The van der Waals surface area contributed by atoms with Crippen LogP contribution >= 0.6 is 0 Å². The third kappa shape index (κ3) is 7.60. The molecule has 1 atom stereocenters. The second kappa shape index (κ2) is 7.21. The van der Waals surface area contributed by atoms with Gasteiger partial charge in [0.1, 0.15) is 6.61 Å². The van der Waals surface area contributed by atoms with Crippen LogP contribution in [0.5, 0.6) is 0 Å². The van der Waals surface area contributed by atoms with Gasteiger partial charge in [-0.3, -0.25) is 0 Å². The largest absolute Gasteiger partial charge is 0.411 e. The van der Waals surface area contributed by atoms with Gasteiger partial charge in [-0.2, -0.15) is 13.2 Å². The van der Waals surface area contributed by atoms with E-state index >= 15 is 0 Å². The third-order valence-corrected chi connectivity index (χ3v) is 3.19. The summed E-state index contributed by atoms with van der Waals surface area (Å²) in [5.41, 5.74) is 0. The quantitative estimate of drug-likeness (QED) is 0.737. The molecule has 1 aliphatic carbocycles. The average Bonchev–Trinajstić information content (AvgIpc) is 2.25. The van der Waals surface area contributed by atoms with E-state index in [0.29, 0.717) is 18.8 Å². The smallest absolute Gasteiger partial charge is 0.393 e. The standard InChI is InChI=1S/C12H21F3O2/c13-12(14,15)9-17-7-6-11(16)8-10-4-2-1-3-5-10/h10-11,16H,1-9H2. The molecule has 102 valence electrons. The van der Waals surface area contributed by atoms with Crippen molar-refractivity contribution in [2.24, 2.45) is 5.92 Å². The van der Waals surface area contributed by atoms with Crippen LogP contribution in [0.1, 0.15) is 44.9 Å². The molecule has 5 heteroatoms. The number of rotatable bonds is 6. The van der Waals surface area contributed by atoms with Gasteiger partial charge in [0, 0.05) is 6.61 Å². The molecular weight excluding hydrogens is 233 g/mol. The molecule has 0 aliphatic heterocycles. The predicted molar refractivity (Wildman–Crippen MR) is 58.7 cm³/mol. The monoisotopic (exact) mass is 254 g/mol. The molecule has 17 heavy (non-hydrogen) atoms. The molecule has 0 aromatic carbocycles. The lowest BCUT2D eigenvalue weighted by Crippen LogP contribution is -2.21. The summed E-state index contributed by atoms with van der Waals surface area (Å²) in [5.74, 6) is 0.543. The highest BCUT2D eigenvalue weighted by Crippen LogP contribution is 2.27. The van der Waals surface area contributed by atoms with Gasteiger partial charge in [0.25, 0.3) is 0 Å². The Hall–Kier alpha value is -0.290. The molecule has 0 aromatic rings. The molecule has 1 aliphatic rings. The van der Waals surface area contributed by atoms with Crippen molar-refractivity contribution in [3.8, 4) is 0 Å². The van der Waals surface area contributed by atoms with Crippen LogP contribution in [-0.4, -0.2) is 30.6 Å². The molecule has 0 radical (unpaired) electrons. The fraction of sp³-hybridized carbons (Fsp3) is 1.00. The summed E-state index contributed by atoms with van der Waals surface area (Å²) in [6.07, 6.45) is 2.17. The van der Waals surface area contributed by atoms with Gasteiger partial charge in [-0.1, -0.05) is 32.1 Å². The zero-order valence-corrected chi connectivity index (χ0v) is 10.0. The van der Waals surface area contributed by atoms with Crippen LogP contribution in [0.25, 0.3) is 0 Å². The molecule has 0 spiro atoms. The third-order valence-electron chi connectivity index (χ3n) is 3.19. The maximum Gasteiger partial charge on any atom is 0.411 e. The van der Waals surface area contributed by atoms with E-state index in [1.165, 1.54) is 19.3 Å². The molecule has 0 aromatic heterocycles. The fourth-order valence-corrected chi connectivity index (χ4v) is 2.33. The van der Waals surface area contributed by atoms with Crippen molar-refractivity contribution in [1.82, 2.24) is 0 Å². The number of alkyl halides is 3. The van der Waals surface area contributed by atoms with E-state index in [1.54, 1.807) is 0 Å². The van der Waals surface area contributed by atoms with E-state index in [4.69, 9.17) is 0 Å². The first kappa shape index (κ1) is 14.8. The van der Waals surface area contributed by atoms with Crippen LogP contribution in [0.3, 0.4) is 0 Å². The van der Waals surface area contributed by atoms with Crippen molar-refractivity contribution in [1.29, 1.82) is 0 Å². The summed E-state index contributed by atoms with van der Waals surface area (Å²) in [7, 11) is 0. The Kier molecular flexibility index (Phi) is 6.27. The first-order chi connectivity index (χ1) is 7.97. The second-order valence-corrected chi connectivity index (χ2v) is 4.85. The fourth-order valence-electron chi connectivity index (χ4n) is 2.33. The minimum atomic E-state index is -4.27. The van der Waals surface area contributed by atoms with Crippen LogP contribution in [0.15, 0.2) is 0 Å². The van der Waals surface area contributed by atoms with Crippen molar-refractivity contribution in [2.45, 2.75) is 57.2 Å². The van der Waals surface area contributed by atoms with Crippen molar-refractivity contribution < 1.29 is 23.0 Å². The second-order valence-electron chi connectivity index (χ2n) is 4.85. The summed E-state index contributed by atoms with van der Waals surface area (Å²) < 4.78 is 39.8. The van der Waals surface area contributed by atoms with Gasteiger partial charge >= 0.3 is 6.18 Å². The lowest BCUT2D eigenvalue weighted by atomic mass is 9.85. The Morgan fingerprint density at radius 1 is 1.18 bits per heavy atom. The maximum atomic E-state index is 11.8. The van der Waals surface area contributed by atoms with E-state index in [-0.39, 0.29) is 6.61 Å². The molecule has 1 unspecified atom stereocenters. The van der Waals surface area contributed by atoms with Gasteiger partial charge in [0.05, 0.1) is 6.10 Å². The molecule has 1 fully saturated rings. The summed E-state index contributed by atoms with van der Waals surface area (Å²) in [6.45, 7) is -1.24. The van der Waals surface area contributed by atoms with Crippen molar-refractivity contribution in [3.63, 3.8) is 0 Å². The average molecular weight is 254 g/mol. The summed E-state index contributed by atoms with van der Waals surface area (Å²) in [4.78, 5) is 0. The van der Waals surface area contributed by atoms with E-state index in [9.17, 15) is 18.3 Å². The zero-order chi connectivity index (χ0) is 12.7. The molecule has 0 amide bonds. The number of halogens is 3. The Balaban J connectivity index is 2.02.